The summed E-state index contributed by atoms with van der Waals surface area (Å²) in [6.45, 7) is 9.56. The lowest BCUT2D eigenvalue weighted by Gasteiger charge is -2.17. The molecule has 0 radical (unpaired) electrons. The summed E-state index contributed by atoms with van der Waals surface area (Å²) in [4.78, 5) is 15.8. The number of aliphatic imine (C=N–C) groups is 1. The third-order valence-electron chi connectivity index (χ3n) is 3.50. The Hall–Kier alpha value is -1.31. The number of carbonyl (C=O) groups is 1. The zero-order chi connectivity index (χ0) is 17.2. The van der Waals surface area contributed by atoms with Crippen LogP contribution in [0.15, 0.2) is 29.3 Å². The summed E-state index contributed by atoms with van der Waals surface area (Å²) in [5, 5.41) is 9.35. The van der Waals surface area contributed by atoms with E-state index in [4.69, 9.17) is 0 Å². The van der Waals surface area contributed by atoms with Crippen molar-refractivity contribution in [2.45, 2.75) is 46.1 Å². The zero-order valence-corrected chi connectivity index (χ0v) is 17.7. The first kappa shape index (κ1) is 22.7. The minimum absolute atomic E-state index is 0. The predicted octanol–water partition coefficient (Wildman–Crippen LogP) is 2.80. The molecule has 0 aliphatic rings. The van der Waals surface area contributed by atoms with Gasteiger partial charge < -0.3 is 16.0 Å². The molecule has 0 aliphatic heterocycles. The van der Waals surface area contributed by atoms with Crippen molar-refractivity contribution in [3.63, 3.8) is 0 Å². The van der Waals surface area contributed by atoms with E-state index in [-0.39, 0.29) is 35.9 Å². The number of nitrogens with one attached hydrogen (secondary N) is 3. The second kappa shape index (κ2) is 12.1. The van der Waals surface area contributed by atoms with E-state index in [2.05, 4.69) is 59.1 Å². The third-order valence-corrected chi connectivity index (χ3v) is 3.50. The molecule has 0 aliphatic carbocycles. The highest BCUT2D eigenvalue weighted by Gasteiger charge is 2.08. The van der Waals surface area contributed by atoms with Gasteiger partial charge in [0.2, 0.25) is 5.91 Å². The van der Waals surface area contributed by atoms with Gasteiger partial charge in [-0.1, -0.05) is 36.8 Å². The minimum atomic E-state index is 0. The fraction of sp³-hybridized carbons (Fsp3) is 0.556. The summed E-state index contributed by atoms with van der Waals surface area (Å²) in [6, 6.07) is 8.72. The quantitative estimate of drug-likeness (QED) is 0.343. The number of benzene rings is 1. The van der Waals surface area contributed by atoms with E-state index in [9.17, 15) is 4.79 Å². The Labute approximate surface area is 163 Å². The maximum Gasteiger partial charge on any atom is 0.221 e. The number of carbonyl (C=O) groups excluding carboxylic acids is 1. The smallest absolute Gasteiger partial charge is 0.221 e. The first-order valence-electron chi connectivity index (χ1n) is 8.22. The Morgan fingerprint density at radius 1 is 1.21 bits per heavy atom. The summed E-state index contributed by atoms with van der Waals surface area (Å²) in [5.74, 6) is 1.16. The van der Waals surface area contributed by atoms with Gasteiger partial charge in [-0.05, 0) is 32.3 Å². The molecular formula is C18H31IN4O. The van der Waals surface area contributed by atoms with Gasteiger partial charge >= 0.3 is 0 Å². The summed E-state index contributed by atoms with van der Waals surface area (Å²) in [5.41, 5.74) is 2.58. The highest BCUT2D eigenvalue weighted by atomic mass is 127. The van der Waals surface area contributed by atoms with Crippen molar-refractivity contribution in [3.8, 4) is 0 Å². The second-order valence-electron chi connectivity index (χ2n) is 6.17. The standard InChI is InChI=1S/C18H30N4O.HI/c1-13(2)22-17(23)9-10-20-18(19-5)21-12-15(4)16-8-6-7-14(3)11-16;/h6-8,11,13,15H,9-10,12H2,1-5H3,(H,22,23)(H2,19,20,21);1H. The van der Waals surface area contributed by atoms with Crippen molar-refractivity contribution < 1.29 is 4.79 Å². The van der Waals surface area contributed by atoms with Gasteiger partial charge in [0.1, 0.15) is 0 Å². The Morgan fingerprint density at radius 3 is 2.50 bits per heavy atom. The van der Waals surface area contributed by atoms with Crippen LogP contribution in [-0.4, -0.2) is 38.0 Å². The van der Waals surface area contributed by atoms with E-state index < -0.39 is 0 Å². The van der Waals surface area contributed by atoms with E-state index in [0.29, 0.717) is 18.9 Å². The number of hydrogen-bond donors (Lipinski definition) is 3. The van der Waals surface area contributed by atoms with Gasteiger partial charge in [-0.3, -0.25) is 9.79 Å². The van der Waals surface area contributed by atoms with Crippen LogP contribution in [0, 0.1) is 6.92 Å². The number of amides is 1. The third kappa shape index (κ3) is 9.10. The Bertz CT molecular complexity index is 532. The van der Waals surface area contributed by atoms with Crippen LogP contribution in [0.3, 0.4) is 0 Å². The molecule has 1 aromatic rings. The molecule has 5 nitrogen and oxygen atoms in total. The van der Waals surface area contributed by atoms with Crippen LogP contribution in [0.5, 0.6) is 0 Å². The van der Waals surface area contributed by atoms with Gasteiger partial charge in [0.15, 0.2) is 5.96 Å². The van der Waals surface area contributed by atoms with Crippen LogP contribution in [0.25, 0.3) is 0 Å². The average molecular weight is 446 g/mol. The van der Waals surface area contributed by atoms with Gasteiger partial charge in [-0.25, -0.2) is 0 Å². The number of rotatable bonds is 7. The largest absolute Gasteiger partial charge is 0.356 e. The molecule has 1 atom stereocenters. The molecule has 0 heterocycles. The minimum Gasteiger partial charge on any atom is -0.356 e. The molecule has 1 aromatic carbocycles. The zero-order valence-electron chi connectivity index (χ0n) is 15.3. The first-order valence-corrected chi connectivity index (χ1v) is 8.22. The predicted molar refractivity (Wildman–Crippen MR) is 112 cm³/mol. The molecule has 0 saturated carbocycles. The maximum atomic E-state index is 11.6. The molecule has 1 unspecified atom stereocenters. The molecule has 1 amide bonds. The highest BCUT2D eigenvalue weighted by Crippen LogP contribution is 2.15. The lowest BCUT2D eigenvalue weighted by Crippen LogP contribution is -2.41. The van der Waals surface area contributed by atoms with Gasteiger partial charge in [-0.15, -0.1) is 24.0 Å². The fourth-order valence-corrected chi connectivity index (χ4v) is 2.25. The van der Waals surface area contributed by atoms with Crippen LogP contribution in [0.2, 0.25) is 0 Å². The van der Waals surface area contributed by atoms with E-state index in [1.165, 1.54) is 11.1 Å². The van der Waals surface area contributed by atoms with E-state index in [0.717, 1.165) is 12.5 Å². The van der Waals surface area contributed by atoms with Crippen LogP contribution < -0.4 is 16.0 Å². The normalized spacial score (nSPS) is 12.3. The van der Waals surface area contributed by atoms with Gasteiger partial charge in [-0.2, -0.15) is 0 Å². The van der Waals surface area contributed by atoms with Crippen molar-refractivity contribution in [1.82, 2.24) is 16.0 Å². The van der Waals surface area contributed by atoms with Crippen LogP contribution >= 0.6 is 24.0 Å². The molecule has 0 fully saturated rings. The molecule has 24 heavy (non-hydrogen) atoms. The summed E-state index contributed by atoms with van der Waals surface area (Å²) in [6.07, 6.45) is 0.437. The maximum absolute atomic E-state index is 11.6. The molecule has 0 aromatic heterocycles. The number of aryl methyl sites for hydroxylation is 1. The monoisotopic (exact) mass is 446 g/mol. The lowest BCUT2D eigenvalue weighted by atomic mass is 9.99. The van der Waals surface area contributed by atoms with E-state index >= 15 is 0 Å². The van der Waals surface area contributed by atoms with Crippen molar-refractivity contribution in [3.05, 3.63) is 35.4 Å². The number of guanidine groups is 1. The molecule has 3 N–H and O–H groups in total. The Morgan fingerprint density at radius 2 is 1.92 bits per heavy atom. The van der Waals surface area contributed by atoms with Crippen LogP contribution in [0.4, 0.5) is 0 Å². The average Bonchev–Trinajstić information content (AvgIpc) is 2.49. The Balaban J connectivity index is 0.00000529. The fourth-order valence-electron chi connectivity index (χ4n) is 2.25. The lowest BCUT2D eigenvalue weighted by molar-refractivity contribution is -0.121. The Kier molecular flexibility index (Phi) is 11.4. The van der Waals surface area contributed by atoms with Gasteiger partial charge in [0.05, 0.1) is 0 Å². The number of hydrogen-bond acceptors (Lipinski definition) is 2. The molecule has 0 spiro atoms. The highest BCUT2D eigenvalue weighted by molar-refractivity contribution is 14.0. The van der Waals surface area contributed by atoms with Crippen molar-refractivity contribution in [1.29, 1.82) is 0 Å². The summed E-state index contributed by atoms with van der Waals surface area (Å²) >= 11 is 0. The van der Waals surface area contributed by atoms with Gasteiger partial charge in [0.25, 0.3) is 0 Å². The molecule has 0 saturated heterocycles. The van der Waals surface area contributed by atoms with Crippen LogP contribution in [0.1, 0.15) is 44.2 Å². The topological polar surface area (TPSA) is 65.5 Å². The first-order chi connectivity index (χ1) is 10.9. The molecule has 1 rings (SSSR count). The van der Waals surface area contributed by atoms with Crippen molar-refractivity contribution in [2.24, 2.45) is 4.99 Å². The van der Waals surface area contributed by atoms with Crippen molar-refractivity contribution >= 4 is 35.8 Å². The molecule has 136 valence electrons. The number of nitrogens with zero attached hydrogens (tertiary/aromatic N) is 1. The number of halogens is 1. The van der Waals surface area contributed by atoms with Gasteiger partial charge in [0, 0.05) is 32.6 Å². The SMILES string of the molecule is CN=C(NCCC(=O)NC(C)C)NCC(C)c1cccc(C)c1.I. The van der Waals surface area contributed by atoms with E-state index in [1.807, 2.05) is 13.8 Å². The second-order valence-corrected chi connectivity index (χ2v) is 6.17. The molecular weight excluding hydrogens is 415 g/mol. The summed E-state index contributed by atoms with van der Waals surface area (Å²) in [7, 11) is 1.74. The van der Waals surface area contributed by atoms with E-state index in [1.54, 1.807) is 7.05 Å². The molecule has 6 heteroatoms. The van der Waals surface area contributed by atoms with Crippen LogP contribution in [-0.2, 0) is 4.79 Å². The molecule has 0 bridgehead atoms. The van der Waals surface area contributed by atoms with Crippen molar-refractivity contribution in [2.75, 3.05) is 20.1 Å². The summed E-state index contributed by atoms with van der Waals surface area (Å²) < 4.78 is 0.